The number of rotatable bonds is 6. The highest BCUT2D eigenvalue weighted by Gasteiger charge is 2.10. The molecule has 0 radical (unpaired) electrons. The molecular weight excluding hydrogens is 367 g/mol. The van der Waals surface area contributed by atoms with Crippen molar-refractivity contribution in [1.29, 1.82) is 0 Å². The normalized spacial score (nSPS) is 11.1. The van der Waals surface area contributed by atoms with E-state index >= 15 is 0 Å². The highest BCUT2D eigenvalue weighted by Crippen LogP contribution is 2.22. The van der Waals surface area contributed by atoms with E-state index in [4.69, 9.17) is 0 Å². The van der Waals surface area contributed by atoms with Crippen LogP contribution in [0.15, 0.2) is 59.7 Å². The lowest BCUT2D eigenvalue weighted by Crippen LogP contribution is -2.19. The molecular formula is C23H25FN4O. The molecule has 0 unspecified atom stereocenters. The molecule has 3 rings (SSSR count). The van der Waals surface area contributed by atoms with E-state index in [0.717, 1.165) is 33.9 Å². The maximum Gasteiger partial charge on any atom is 0.244 e. The SMILES string of the molecule is Cc1cc(/C=N/NC(=O)Cc2ccc(F)cc2)c(C)n1-c1ccc(N(C)C)cc1. The fourth-order valence-electron chi connectivity index (χ4n) is 3.22. The number of aryl methyl sites for hydroxylation is 1. The molecule has 1 N–H and O–H groups in total. The van der Waals surface area contributed by atoms with Gasteiger partial charge >= 0.3 is 0 Å². The summed E-state index contributed by atoms with van der Waals surface area (Å²) in [7, 11) is 4.03. The van der Waals surface area contributed by atoms with Gasteiger partial charge in [0.25, 0.3) is 0 Å². The zero-order chi connectivity index (χ0) is 21.0. The second-order valence-electron chi connectivity index (χ2n) is 7.17. The Balaban J connectivity index is 1.69. The highest BCUT2D eigenvalue weighted by atomic mass is 19.1. The average Bonchev–Trinajstić information content (AvgIpc) is 2.97. The van der Waals surface area contributed by atoms with Crippen molar-refractivity contribution in [2.75, 3.05) is 19.0 Å². The van der Waals surface area contributed by atoms with Crippen LogP contribution in [0.4, 0.5) is 10.1 Å². The number of nitrogens with one attached hydrogen (secondary N) is 1. The molecule has 1 aromatic heterocycles. The van der Waals surface area contributed by atoms with Crippen molar-refractivity contribution < 1.29 is 9.18 Å². The first kappa shape index (κ1) is 20.3. The van der Waals surface area contributed by atoms with Crippen molar-refractivity contribution in [1.82, 2.24) is 9.99 Å². The smallest absolute Gasteiger partial charge is 0.244 e. The Kier molecular flexibility index (Phi) is 6.12. The molecule has 0 saturated heterocycles. The number of hydrogen-bond donors (Lipinski definition) is 1. The molecule has 5 nitrogen and oxygen atoms in total. The predicted octanol–water partition coefficient (Wildman–Crippen LogP) is 3.99. The van der Waals surface area contributed by atoms with Gasteiger partial charge in [0.05, 0.1) is 12.6 Å². The minimum atomic E-state index is -0.320. The van der Waals surface area contributed by atoms with Crippen LogP contribution < -0.4 is 10.3 Å². The monoisotopic (exact) mass is 392 g/mol. The molecule has 1 heterocycles. The number of aromatic nitrogens is 1. The van der Waals surface area contributed by atoms with Crippen LogP contribution in [0.2, 0.25) is 0 Å². The summed E-state index contributed by atoms with van der Waals surface area (Å²) in [4.78, 5) is 14.1. The van der Waals surface area contributed by atoms with Crippen LogP contribution >= 0.6 is 0 Å². The van der Waals surface area contributed by atoms with E-state index in [2.05, 4.69) is 44.3 Å². The van der Waals surface area contributed by atoms with E-state index in [1.807, 2.05) is 34.0 Å². The van der Waals surface area contributed by atoms with Gasteiger partial charge in [-0.15, -0.1) is 0 Å². The van der Waals surface area contributed by atoms with Crippen molar-refractivity contribution in [3.05, 3.63) is 82.9 Å². The Morgan fingerprint density at radius 2 is 1.76 bits per heavy atom. The van der Waals surface area contributed by atoms with Gasteiger partial charge in [-0.3, -0.25) is 4.79 Å². The van der Waals surface area contributed by atoms with Crippen LogP contribution in [0.3, 0.4) is 0 Å². The summed E-state index contributed by atoms with van der Waals surface area (Å²) in [6, 6.07) is 16.2. The van der Waals surface area contributed by atoms with Crippen LogP contribution in [-0.4, -0.2) is 30.8 Å². The second-order valence-corrected chi connectivity index (χ2v) is 7.17. The van der Waals surface area contributed by atoms with Crippen LogP contribution in [0.5, 0.6) is 0 Å². The Labute approximate surface area is 170 Å². The Morgan fingerprint density at radius 1 is 1.10 bits per heavy atom. The Hall–Kier alpha value is -3.41. The molecule has 0 aliphatic rings. The largest absolute Gasteiger partial charge is 0.378 e. The fraction of sp³-hybridized carbons (Fsp3) is 0.217. The maximum atomic E-state index is 12.9. The third-order valence-electron chi connectivity index (χ3n) is 4.77. The van der Waals surface area contributed by atoms with Gasteiger partial charge in [0.15, 0.2) is 0 Å². The summed E-state index contributed by atoms with van der Waals surface area (Å²) in [5.41, 5.74) is 8.53. The van der Waals surface area contributed by atoms with E-state index in [-0.39, 0.29) is 18.1 Å². The number of hydrazone groups is 1. The molecule has 1 amide bonds. The van der Waals surface area contributed by atoms with Crippen LogP contribution in [0.25, 0.3) is 5.69 Å². The summed E-state index contributed by atoms with van der Waals surface area (Å²) in [5, 5.41) is 4.08. The standard InChI is InChI=1S/C23H25FN4O/c1-16-13-19(15-25-26-23(29)14-18-5-7-20(24)8-6-18)17(2)28(16)22-11-9-21(10-12-22)27(3)4/h5-13,15H,14H2,1-4H3,(H,26,29)/b25-15+. The Morgan fingerprint density at radius 3 is 2.38 bits per heavy atom. The van der Waals surface area contributed by atoms with E-state index < -0.39 is 0 Å². The van der Waals surface area contributed by atoms with Crippen molar-refractivity contribution in [3.8, 4) is 5.69 Å². The van der Waals surface area contributed by atoms with E-state index in [1.54, 1.807) is 18.3 Å². The lowest BCUT2D eigenvalue weighted by atomic mass is 10.1. The summed E-state index contributed by atoms with van der Waals surface area (Å²) in [6.07, 6.45) is 1.80. The molecule has 0 spiro atoms. The van der Waals surface area contributed by atoms with Gasteiger partial charge in [-0.2, -0.15) is 5.10 Å². The first-order chi connectivity index (χ1) is 13.8. The number of carbonyl (C=O) groups excluding carboxylic acids is 1. The summed E-state index contributed by atoms with van der Waals surface area (Å²) in [5.74, 6) is -0.570. The van der Waals surface area contributed by atoms with Gasteiger partial charge in [-0.1, -0.05) is 12.1 Å². The van der Waals surface area contributed by atoms with Gasteiger partial charge < -0.3 is 9.47 Å². The lowest BCUT2D eigenvalue weighted by molar-refractivity contribution is -0.120. The fourth-order valence-corrected chi connectivity index (χ4v) is 3.22. The number of halogens is 1. The molecule has 6 heteroatoms. The first-order valence-corrected chi connectivity index (χ1v) is 9.38. The summed E-state index contributed by atoms with van der Waals surface area (Å²) < 4.78 is 15.1. The van der Waals surface area contributed by atoms with Gasteiger partial charge in [0.1, 0.15) is 5.82 Å². The topological polar surface area (TPSA) is 49.6 Å². The van der Waals surface area contributed by atoms with Crippen LogP contribution in [-0.2, 0) is 11.2 Å². The quantitative estimate of drug-likeness (QED) is 0.509. The lowest BCUT2D eigenvalue weighted by Gasteiger charge is -2.14. The van der Waals surface area contributed by atoms with Crippen molar-refractivity contribution >= 4 is 17.8 Å². The molecule has 2 aromatic carbocycles. The zero-order valence-corrected chi connectivity index (χ0v) is 17.1. The average molecular weight is 392 g/mol. The molecule has 0 aliphatic carbocycles. The van der Waals surface area contributed by atoms with Gasteiger partial charge in [0, 0.05) is 42.4 Å². The summed E-state index contributed by atoms with van der Waals surface area (Å²) >= 11 is 0. The molecule has 0 aliphatic heterocycles. The van der Waals surface area contributed by atoms with Crippen molar-refractivity contribution in [2.45, 2.75) is 20.3 Å². The minimum Gasteiger partial charge on any atom is -0.378 e. The summed E-state index contributed by atoms with van der Waals surface area (Å²) in [6.45, 7) is 4.06. The number of carbonyl (C=O) groups is 1. The molecule has 0 atom stereocenters. The highest BCUT2D eigenvalue weighted by molar-refractivity contribution is 5.84. The number of hydrogen-bond acceptors (Lipinski definition) is 3. The van der Waals surface area contributed by atoms with E-state index in [0.29, 0.717) is 0 Å². The van der Waals surface area contributed by atoms with Gasteiger partial charge in [-0.05, 0) is 61.9 Å². The molecule has 0 bridgehead atoms. The second kappa shape index (κ2) is 8.73. The molecule has 0 fully saturated rings. The van der Waals surface area contributed by atoms with E-state index in [1.165, 1.54) is 12.1 Å². The van der Waals surface area contributed by atoms with Gasteiger partial charge in [-0.25, -0.2) is 9.82 Å². The minimum absolute atomic E-state index is 0.148. The molecule has 29 heavy (non-hydrogen) atoms. The molecule has 3 aromatic rings. The van der Waals surface area contributed by atoms with Crippen molar-refractivity contribution in [3.63, 3.8) is 0 Å². The first-order valence-electron chi connectivity index (χ1n) is 9.38. The van der Waals surface area contributed by atoms with Crippen LogP contribution in [0, 0.1) is 19.7 Å². The number of anilines is 1. The third kappa shape index (κ3) is 4.90. The predicted molar refractivity (Wildman–Crippen MR) is 115 cm³/mol. The maximum absolute atomic E-state index is 12.9. The Bertz CT molecular complexity index is 1020. The molecule has 150 valence electrons. The number of benzene rings is 2. The number of amides is 1. The van der Waals surface area contributed by atoms with E-state index in [9.17, 15) is 9.18 Å². The third-order valence-corrected chi connectivity index (χ3v) is 4.77. The number of nitrogens with zero attached hydrogens (tertiary/aromatic N) is 3. The van der Waals surface area contributed by atoms with Gasteiger partial charge in [0.2, 0.25) is 5.91 Å². The zero-order valence-electron chi connectivity index (χ0n) is 17.1. The molecule has 0 saturated carbocycles. The van der Waals surface area contributed by atoms with Crippen LogP contribution in [0.1, 0.15) is 22.5 Å². The van der Waals surface area contributed by atoms with Crippen molar-refractivity contribution in [2.24, 2.45) is 5.10 Å².